The standard InChI is InChI=1S/C22H19F4N3O6S/c1-4-34-17-9-15(27-2)14(23)8-18(17)35-20-10-29(11-21(20,31)12-30)36(32,33)19-6-5-13(22(24,25)26)7-16(19)28-3/h5-9,20,30-31H,4,10-12H2,1H3/t20-,21+/m0/s1. The highest BCUT2D eigenvalue weighted by Crippen LogP contribution is 2.40. The molecule has 1 heterocycles. The molecule has 0 saturated carbocycles. The van der Waals surface area contributed by atoms with E-state index in [-0.39, 0.29) is 23.8 Å². The predicted molar refractivity (Wildman–Crippen MR) is 117 cm³/mol. The SMILES string of the molecule is [C-]#[N+]c1cc(OCC)c(O[C@H]2CN(S(=O)(=O)c3ccc(C(F)(F)F)cc3[N+]#[C-])C[C@@]2(O)CO)cc1F. The van der Waals surface area contributed by atoms with E-state index in [1.54, 1.807) is 6.92 Å². The van der Waals surface area contributed by atoms with Crippen LogP contribution in [0.1, 0.15) is 12.5 Å². The fourth-order valence-electron chi connectivity index (χ4n) is 3.57. The number of hydrogen-bond acceptors (Lipinski definition) is 6. The summed E-state index contributed by atoms with van der Waals surface area (Å²) in [6.45, 7) is 13.5. The van der Waals surface area contributed by atoms with E-state index < -0.39 is 69.6 Å². The number of nitrogens with zero attached hydrogens (tertiary/aromatic N) is 3. The average Bonchev–Trinajstić information content (AvgIpc) is 3.17. The first-order chi connectivity index (χ1) is 16.8. The number of hydrogen-bond donors (Lipinski definition) is 2. The van der Waals surface area contributed by atoms with E-state index >= 15 is 0 Å². The van der Waals surface area contributed by atoms with Crippen molar-refractivity contribution in [2.45, 2.75) is 29.7 Å². The second kappa shape index (κ2) is 9.91. The van der Waals surface area contributed by atoms with Gasteiger partial charge in [-0.2, -0.15) is 17.5 Å². The molecule has 0 aliphatic carbocycles. The Kier molecular flexibility index (Phi) is 7.48. The van der Waals surface area contributed by atoms with Gasteiger partial charge in [0.05, 0.1) is 37.8 Å². The molecule has 1 aliphatic rings. The topological polar surface area (TPSA) is 105 Å². The zero-order valence-electron chi connectivity index (χ0n) is 18.6. The fourth-order valence-corrected chi connectivity index (χ4v) is 5.18. The molecule has 2 atom stereocenters. The van der Waals surface area contributed by atoms with Crippen LogP contribution in [0.15, 0.2) is 35.2 Å². The lowest BCUT2D eigenvalue weighted by atomic mass is 10.0. The molecule has 0 radical (unpaired) electrons. The summed E-state index contributed by atoms with van der Waals surface area (Å²) in [5, 5.41) is 20.7. The number of rotatable bonds is 7. The Hall–Kier alpha value is -3.43. The lowest BCUT2D eigenvalue weighted by Gasteiger charge is -2.27. The quantitative estimate of drug-likeness (QED) is 0.420. The van der Waals surface area contributed by atoms with E-state index in [2.05, 4.69) is 9.69 Å². The van der Waals surface area contributed by atoms with Gasteiger partial charge in [-0.05, 0) is 19.1 Å². The molecule has 1 saturated heterocycles. The minimum absolute atomic E-state index is 0.0653. The molecule has 3 rings (SSSR count). The van der Waals surface area contributed by atoms with E-state index in [0.29, 0.717) is 22.5 Å². The Balaban J connectivity index is 1.98. The van der Waals surface area contributed by atoms with Crippen molar-refractivity contribution in [1.29, 1.82) is 0 Å². The van der Waals surface area contributed by atoms with Gasteiger partial charge >= 0.3 is 6.18 Å². The number of halogens is 4. The van der Waals surface area contributed by atoms with E-state index in [4.69, 9.17) is 22.6 Å². The molecule has 0 aromatic heterocycles. The summed E-state index contributed by atoms with van der Waals surface area (Å²) in [5.74, 6) is -1.30. The van der Waals surface area contributed by atoms with Crippen molar-refractivity contribution in [1.82, 2.24) is 4.31 Å². The highest BCUT2D eigenvalue weighted by molar-refractivity contribution is 7.89. The van der Waals surface area contributed by atoms with Crippen molar-refractivity contribution < 1.29 is 45.7 Å². The second-order valence-corrected chi connectivity index (χ2v) is 9.66. The Labute approximate surface area is 203 Å². The molecule has 0 unspecified atom stereocenters. The van der Waals surface area contributed by atoms with Gasteiger partial charge in [-0.3, -0.25) is 0 Å². The van der Waals surface area contributed by atoms with Crippen molar-refractivity contribution in [2.24, 2.45) is 0 Å². The van der Waals surface area contributed by atoms with Crippen molar-refractivity contribution in [3.8, 4) is 11.5 Å². The number of aliphatic hydroxyl groups is 2. The predicted octanol–water partition coefficient (Wildman–Crippen LogP) is 3.52. The third kappa shape index (κ3) is 5.08. The number of benzene rings is 2. The van der Waals surface area contributed by atoms with Gasteiger partial charge in [-0.15, -0.1) is 0 Å². The summed E-state index contributed by atoms with van der Waals surface area (Å²) in [4.78, 5) is 5.19. The van der Waals surface area contributed by atoms with Crippen LogP contribution < -0.4 is 9.47 Å². The van der Waals surface area contributed by atoms with Crippen molar-refractivity contribution >= 4 is 21.4 Å². The van der Waals surface area contributed by atoms with Gasteiger partial charge < -0.3 is 19.7 Å². The monoisotopic (exact) mass is 529 g/mol. The Morgan fingerprint density at radius 2 is 1.83 bits per heavy atom. The maximum Gasteiger partial charge on any atom is 0.415 e. The molecule has 0 amide bonds. The van der Waals surface area contributed by atoms with Crippen molar-refractivity contribution in [3.63, 3.8) is 0 Å². The molecule has 9 nitrogen and oxygen atoms in total. The maximum absolute atomic E-state index is 14.2. The molecule has 1 fully saturated rings. The van der Waals surface area contributed by atoms with Crippen LogP contribution in [0.5, 0.6) is 11.5 Å². The largest absolute Gasteiger partial charge is 0.491 e. The van der Waals surface area contributed by atoms with Crippen molar-refractivity contribution in [2.75, 3.05) is 26.3 Å². The lowest BCUT2D eigenvalue weighted by Crippen LogP contribution is -2.48. The number of aliphatic hydroxyl groups excluding tert-OH is 1. The van der Waals surface area contributed by atoms with E-state index in [9.17, 15) is 36.2 Å². The summed E-state index contributed by atoms with van der Waals surface area (Å²) in [5.41, 5.74) is -4.56. The van der Waals surface area contributed by atoms with E-state index in [0.717, 1.165) is 12.1 Å². The van der Waals surface area contributed by atoms with Crippen LogP contribution in [0.25, 0.3) is 9.69 Å². The molecular formula is C22H19F4N3O6S. The normalized spacial score (nSPS) is 20.5. The van der Waals surface area contributed by atoms with Gasteiger partial charge in [-0.1, -0.05) is 12.1 Å². The maximum atomic E-state index is 14.2. The smallest absolute Gasteiger partial charge is 0.415 e. The summed E-state index contributed by atoms with van der Waals surface area (Å²) in [6, 6.07) is 3.44. The summed E-state index contributed by atoms with van der Waals surface area (Å²) < 4.78 is 91.3. The zero-order chi connectivity index (χ0) is 26.9. The van der Waals surface area contributed by atoms with Crippen LogP contribution >= 0.6 is 0 Å². The number of alkyl halides is 3. The average molecular weight is 529 g/mol. The molecule has 14 heteroatoms. The third-order valence-electron chi connectivity index (χ3n) is 5.42. The van der Waals surface area contributed by atoms with Gasteiger partial charge in [0.1, 0.15) is 17.5 Å². The van der Waals surface area contributed by atoms with Gasteiger partial charge in [0, 0.05) is 18.2 Å². The van der Waals surface area contributed by atoms with Gasteiger partial charge in [0.2, 0.25) is 21.4 Å². The van der Waals surface area contributed by atoms with Gasteiger partial charge in [0.15, 0.2) is 11.5 Å². The first-order valence-electron chi connectivity index (χ1n) is 10.2. The lowest BCUT2D eigenvalue weighted by molar-refractivity contribution is -0.137. The molecule has 2 N–H and O–H groups in total. The molecule has 192 valence electrons. The summed E-state index contributed by atoms with van der Waals surface area (Å²) >= 11 is 0. The number of ether oxygens (including phenoxy) is 2. The number of β-amino-alcohol motifs (C(OH)–C–C–N with tert-alkyl or cyclic N) is 1. The molecule has 36 heavy (non-hydrogen) atoms. The Morgan fingerprint density at radius 1 is 1.17 bits per heavy atom. The first-order valence-corrected chi connectivity index (χ1v) is 11.7. The number of sulfonamides is 1. The minimum Gasteiger partial charge on any atom is -0.491 e. The van der Waals surface area contributed by atoms with Crippen LogP contribution in [-0.2, 0) is 16.2 Å². The van der Waals surface area contributed by atoms with Crippen LogP contribution in [0.4, 0.5) is 28.9 Å². The Bertz CT molecular complexity index is 1350. The molecule has 1 aliphatic heterocycles. The summed E-state index contributed by atoms with van der Waals surface area (Å²) in [7, 11) is -4.63. The van der Waals surface area contributed by atoms with Crippen LogP contribution in [0, 0.1) is 19.0 Å². The highest BCUT2D eigenvalue weighted by Gasteiger charge is 2.51. The second-order valence-electron chi connectivity index (χ2n) is 7.75. The molecule has 2 aromatic carbocycles. The zero-order valence-corrected chi connectivity index (χ0v) is 19.4. The fraction of sp³-hybridized carbons (Fsp3) is 0.364. The molecular weight excluding hydrogens is 510 g/mol. The highest BCUT2D eigenvalue weighted by atomic mass is 32.2. The molecule has 0 bridgehead atoms. The van der Waals surface area contributed by atoms with Crippen molar-refractivity contribution in [3.05, 3.63) is 64.5 Å². The Morgan fingerprint density at radius 3 is 2.39 bits per heavy atom. The minimum atomic E-state index is -4.80. The van der Waals surface area contributed by atoms with Crippen LogP contribution in [-0.4, -0.2) is 60.9 Å². The van der Waals surface area contributed by atoms with E-state index in [1.165, 1.54) is 0 Å². The van der Waals surface area contributed by atoms with Crippen LogP contribution in [0.2, 0.25) is 0 Å². The van der Waals surface area contributed by atoms with Gasteiger partial charge in [-0.25, -0.2) is 22.5 Å². The molecule has 2 aromatic rings. The van der Waals surface area contributed by atoms with Gasteiger partial charge in [0.25, 0.3) is 0 Å². The molecule has 0 spiro atoms. The van der Waals surface area contributed by atoms with Crippen LogP contribution in [0.3, 0.4) is 0 Å². The van der Waals surface area contributed by atoms with E-state index in [1.807, 2.05) is 0 Å². The third-order valence-corrected chi connectivity index (χ3v) is 7.28. The summed E-state index contributed by atoms with van der Waals surface area (Å²) in [6.07, 6.45) is -6.28. The first kappa shape index (κ1) is 27.2.